The van der Waals surface area contributed by atoms with Crippen LogP contribution >= 0.6 is 0 Å². The summed E-state index contributed by atoms with van der Waals surface area (Å²) in [6.07, 6.45) is 0.377. The van der Waals surface area contributed by atoms with Crippen LogP contribution in [0.15, 0.2) is 18.2 Å². The van der Waals surface area contributed by atoms with Crippen LogP contribution in [0.25, 0.3) is 0 Å². The lowest BCUT2D eigenvalue weighted by Crippen LogP contribution is -2.23. The van der Waals surface area contributed by atoms with Crippen LogP contribution in [0.3, 0.4) is 0 Å². The average Bonchev–Trinajstić information content (AvgIpc) is 2.81. The Morgan fingerprint density at radius 2 is 2.14 bits per heavy atom. The highest BCUT2D eigenvalue weighted by atomic mass is 32.2. The highest BCUT2D eigenvalue weighted by Crippen LogP contribution is 2.30. The predicted octanol–water partition coefficient (Wildman–Crippen LogP) is 1.47. The maximum Gasteiger partial charge on any atom is 0.228 e. The number of carbonyl (C=O) groups is 1. The van der Waals surface area contributed by atoms with Gasteiger partial charge in [-0.05, 0) is 25.5 Å². The molecule has 1 saturated heterocycles. The normalized spacial score (nSPS) is 20.0. The predicted molar refractivity (Wildman–Crippen MR) is 79.6 cm³/mol. The van der Waals surface area contributed by atoms with Gasteiger partial charge in [0.05, 0.1) is 31.1 Å². The van der Waals surface area contributed by atoms with Crippen LogP contribution in [-0.2, 0) is 14.6 Å². The summed E-state index contributed by atoms with van der Waals surface area (Å²) in [6, 6.07) is 5.07. The van der Waals surface area contributed by atoms with Crippen molar-refractivity contribution in [3.8, 4) is 11.5 Å². The van der Waals surface area contributed by atoms with Crippen LogP contribution in [-0.4, -0.2) is 39.5 Å². The molecule has 6 nitrogen and oxygen atoms in total. The van der Waals surface area contributed by atoms with E-state index in [-0.39, 0.29) is 17.4 Å². The van der Waals surface area contributed by atoms with Gasteiger partial charge in [-0.1, -0.05) is 0 Å². The number of nitrogens with one attached hydrogen (secondary N) is 1. The van der Waals surface area contributed by atoms with Crippen LogP contribution in [0.1, 0.15) is 13.3 Å². The fraction of sp³-hybridized carbons (Fsp3) is 0.500. The molecule has 1 aliphatic rings. The summed E-state index contributed by atoms with van der Waals surface area (Å²) in [5.41, 5.74) is 0.560. The largest absolute Gasteiger partial charge is 0.493 e. The number of ether oxygens (including phenoxy) is 2. The van der Waals surface area contributed by atoms with Gasteiger partial charge in [-0.2, -0.15) is 0 Å². The van der Waals surface area contributed by atoms with Gasteiger partial charge in [0.1, 0.15) is 0 Å². The van der Waals surface area contributed by atoms with E-state index in [1.807, 2.05) is 6.92 Å². The first-order chi connectivity index (χ1) is 9.95. The first-order valence-electron chi connectivity index (χ1n) is 6.77. The van der Waals surface area contributed by atoms with E-state index in [9.17, 15) is 13.2 Å². The highest BCUT2D eigenvalue weighted by Gasteiger charge is 2.32. The van der Waals surface area contributed by atoms with Crippen LogP contribution in [0, 0.1) is 5.92 Å². The molecule has 0 saturated carbocycles. The summed E-state index contributed by atoms with van der Waals surface area (Å²) in [4.78, 5) is 12.1. The number of anilines is 1. The van der Waals surface area contributed by atoms with Crippen LogP contribution in [0.2, 0.25) is 0 Å². The molecule has 1 heterocycles. The number of amides is 1. The van der Waals surface area contributed by atoms with E-state index >= 15 is 0 Å². The molecule has 1 aromatic carbocycles. The lowest BCUT2D eigenvalue weighted by molar-refractivity contribution is -0.119. The van der Waals surface area contributed by atoms with E-state index in [4.69, 9.17) is 9.47 Å². The van der Waals surface area contributed by atoms with E-state index in [1.54, 1.807) is 18.2 Å². The summed E-state index contributed by atoms with van der Waals surface area (Å²) in [5, 5.41) is 2.73. The molecule has 0 bridgehead atoms. The number of hydrogen-bond donors (Lipinski definition) is 1. The first-order valence-corrected chi connectivity index (χ1v) is 8.59. The zero-order valence-electron chi connectivity index (χ0n) is 12.1. The molecule has 0 aromatic heterocycles. The number of carbonyl (C=O) groups excluding carboxylic acids is 1. The minimum absolute atomic E-state index is 0.0764. The van der Waals surface area contributed by atoms with Crippen molar-refractivity contribution in [1.82, 2.24) is 0 Å². The van der Waals surface area contributed by atoms with Crippen molar-refractivity contribution in [3.05, 3.63) is 18.2 Å². The summed E-state index contributed by atoms with van der Waals surface area (Å²) in [6.45, 7) is 2.39. The second-order valence-corrected chi connectivity index (χ2v) is 7.12. The van der Waals surface area contributed by atoms with Gasteiger partial charge >= 0.3 is 0 Å². The Bertz CT molecular complexity index is 626. The first kappa shape index (κ1) is 15.6. The van der Waals surface area contributed by atoms with Crippen LogP contribution in [0.4, 0.5) is 5.69 Å². The van der Waals surface area contributed by atoms with E-state index in [2.05, 4.69) is 5.32 Å². The van der Waals surface area contributed by atoms with Gasteiger partial charge in [0.2, 0.25) is 5.91 Å². The maximum absolute atomic E-state index is 12.1. The molecule has 0 spiro atoms. The van der Waals surface area contributed by atoms with Gasteiger partial charge in [-0.25, -0.2) is 8.42 Å². The van der Waals surface area contributed by atoms with Crippen molar-refractivity contribution in [2.75, 3.05) is 30.5 Å². The molecule has 1 aliphatic heterocycles. The molecule has 1 aromatic rings. The van der Waals surface area contributed by atoms with Crippen molar-refractivity contribution in [3.63, 3.8) is 0 Å². The standard InChI is InChI=1S/C14H19NO5S/c1-3-20-12-5-4-11(8-13(12)19-2)15-14(16)10-6-7-21(17,18)9-10/h4-5,8,10H,3,6-7,9H2,1-2H3,(H,15,16). The molecule has 7 heteroatoms. The van der Waals surface area contributed by atoms with E-state index < -0.39 is 15.8 Å². The zero-order chi connectivity index (χ0) is 15.5. The third kappa shape index (κ3) is 3.87. The summed E-state index contributed by atoms with van der Waals surface area (Å²) in [7, 11) is -1.54. The van der Waals surface area contributed by atoms with E-state index in [1.165, 1.54) is 7.11 Å². The monoisotopic (exact) mass is 313 g/mol. The fourth-order valence-electron chi connectivity index (χ4n) is 2.27. The Morgan fingerprint density at radius 3 is 2.71 bits per heavy atom. The highest BCUT2D eigenvalue weighted by molar-refractivity contribution is 7.91. The van der Waals surface area contributed by atoms with Gasteiger partial charge < -0.3 is 14.8 Å². The number of methoxy groups -OCH3 is 1. The zero-order valence-corrected chi connectivity index (χ0v) is 12.9. The summed E-state index contributed by atoms with van der Waals surface area (Å²) in [5.74, 6) is 0.370. The fourth-order valence-corrected chi connectivity index (χ4v) is 4.01. The van der Waals surface area contributed by atoms with Crippen molar-refractivity contribution in [1.29, 1.82) is 0 Å². The second kappa shape index (κ2) is 6.34. The van der Waals surface area contributed by atoms with Crippen molar-refractivity contribution in [2.24, 2.45) is 5.92 Å². The Labute approximate surface area is 124 Å². The molecule has 21 heavy (non-hydrogen) atoms. The molecule has 1 atom stereocenters. The average molecular weight is 313 g/mol. The number of rotatable bonds is 5. The second-order valence-electron chi connectivity index (χ2n) is 4.89. The molecule has 1 amide bonds. The van der Waals surface area contributed by atoms with Crippen LogP contribution < -0.4 is 14.8 Å². The lowest BCUT2D eigenvalue weighted by Gasteiger charge is -2.13. The third-order valence-corrected chi connectivity index (χ3v) is 5.10. The minimum atomic E-state index is -3.07. The Morgan fingerprint density at radius 1 is 1.38 bits per heavy atom. The molecule has 0 aliphatic carbocycles. The maximum atomic E-state index is 12.1. The molecule has 1 fully saturated rings. The number of benzene rings is 1. The van der Waals surface area contributed by atoms with Gasteiger partial charge in [0.25, 0.3) is 0 Å². The smallest absolute Gasteiger partial charge is 0.228 e. The Balaban J connectivity index is 2.07. The number of hydrogen-bond acceptors (Lipinski definition) is 5. The molecule has 116 valence electrons. The molecule has 1 N–H and O–H groups in total. The third-order valence-electron chi connectivity index (χ3n) is 3.33. The Hall–Kier alpha value is -1.76. The molecule has 1 unspecified atom stereocenters. The minimum Gasteiger partial charge on any atom is -0.493 e. The SMILES string of the molecule is CCOc1ccc(NC(=O)C2CCS(=O)(=O)C2)cc1OC. The van der Waals surface area contributed by atoms with Gasteiger partial charge in [-0.15, -0.1) is 0 Å². The van der Waals surface area contributed by atoms with Gasteiger partial charge in [-0.3, -0.25) is 4.79 Å². The van der Waals surface area contributed by atoms with Crippen molar-refractivity contribution in [2.45, 2.75) is 13.3 Å². The van der Waals surface area contributed by atoms with Gasteiger partial charge in [0, 0.05) is 11.8 Å². The van der Waals surface area contributed by atoms with Crippen molar-refractivity contribution < 1.29 is 22.7 Å². The summed E-state index contributed by atoms with van der Waals surface area (Å²) >= 11 is 0. The topological polar surface area (TPSA) is 81.7 Å². The van der Waals surface area contributed by atoms with Crippen LogP contribution in [0.5, 0.6) is 11.5 Å². The molecular weight excluding hydrogens is 294 g/mol. The van der Waals surface area contributed by atoms with Gasteiger partial charge in [0.15, 0.2) is 21.3 Å². The molecule has 2 rings (SSSR count). The quantitative estimate of drug-likeness (QED) is 0.890. The van der Waals surface area contributed by atoms with E-state index in [0.717, 1.165) is 0 Å². The lowest BCUT2D eigenvalue weighted by atomic mass is 10.1. The molecule has 0 radical (unpaired) electrons. The van der Waals surface area contributed by atoms with E-state index in [0.29, 0.717) is 30.2 Å². The van der Waals surface area contributed by atoms with Crippen molar-refractivity contribution >= 4 is 21.4 Å². The molecular formula is C14H19NO5S. The Kier molecular flexibility index (Phi) is 4.72. The number of sulfone groups is 1. The summed E-state index contributed by atoms with van der Waals surface area (Å²) < 4.78 is 33.4.